The molecule has 2 fully saturated rings. The summed E-state index contributed by atoms with van der Waals surface area (Å²) in [6.07, 6.45) is 0. The zero-order valence-corrected chi connectivity index (χ0v) is 18.7. The van der Waals surface area contributed by atoms with E-state index in [1.165, 1.54) is 5.56 Å². The van der Waals surface area contributed by atoms with Gasteiger partial charge in [-0.15, -0.1) is 0 Å². The third-order valence-corrected chi connectivity index (χ3v) is 6.65. The Morgan fingerprint density at radius 2 is 1.52 bits per heavy atom. The lowest BCUT2D eigenvalue weighted by molar-refractivity contribution is -0.134. The fourth-order valence-corrected chi connectivity index (χ4v) is 4.63. The molecule has 2 aromatic carbocycles. The van der Waals surface area contributed by atoms with E-state index in [0.717, 1.165) is 63.8 Å². The third-order valence-electron chi connectivity index (χ3n) is 6.65. The van der Waals surface area contributed by atoms with Crippen LogP contribution in [0.2, 0.25) is 0 Å². The molecule has 166 valence electrons. The summed E-state index contributed by atoms with van der Waals surface area (Å²) in [6, 6.07) is 19.2. The van der Waals surface area contributed by atoms with Crippen molar-refractivity contribution >= 4 is 11.6 Å². The number of rotatable bonds is 6. The quantitative estimate of drug-likeness (QED) is 0.716. The molecule has 1 amide bonds. The monoisotopic (exact) mass is 422 g/mol. The highest BCUT2D eigenvalue weighted by atomic mass is 16.5. The third kappa shape index (κ3) is 5.20. The molecule has 0 saturated carbocycles. The van der Waals surface area contributed by atoms with Crippen LogP contribution in [0.5, 0.6) is 5.75 Å². The Hall–Kier alpha value is -2.57. The summed E-state index contributed by atoms with van der Waals surface area (Å²) in [5.41, 5.74) is 2.48. The number of methoxy groups -OCH3 is 1. The summed E-state index contributed by atoms with van der Waals surface area (Å²) in [5, 5.41) is 0. The maximum absolute atomic E-state index is 12.9. The molecule has 4 rings (SSSR count). The van der Waals surface area contributed by atoms with E-state index in [2.05, 4.69) is 58.0 Å². The number of hydrogen-bond donors (Lipinski definition) is 0. The molecule has 0 spiro atoms. The predicted molar refractivity (Wildman–Crippen MR) is 125 cm³/mol. The molecular formula is C25H34N4O2. The molecule has 31 heavy (non-hydrogen) atoms. The standard InChI is InChI=1S/C25H34N4O2/c1-21(22-8-4-3-5-9-22)27-16-18-29(19-17-27)25(30)20-26-12-14-28(15-13-26)23-10-6-7-11-24(23)31-2/h3-11,21H,12-20H2,1-2H3. The Morgan fingerprint density at radius 1 is 0.871 bits per heavy atom. The smallest absolute Gasteiger partial charge is 0.236 e. The lowest BCUT2D eigenvalue weighted by Gasteiger charge is -2.40. The highest BCUT2D eigenvalue weighted by Gasteiger charge is 2.27. The van der Waals surface area contributed by atoms with Crippen molar-refractivity contribution in [3.8, 4) is 5.75 Å². The van der Waals surface area contributed by atoms with Crippen molar-refractivity contribution in [1.82, 2.24) is 14.7 Å². The first-order valence-corrected chi connectivity index (χ1v) is 11.3. The summed E-state index contributed by atoms with van der Waals surface area (Å²) < 4.78 is 5.50. The zero-order chi connectivity index (χ0) is 21.6. The van der Waals surface area contributed by atoms with E-state index in [1.54, 1.807) is 7.11 Å². The maximum Gasteiger partial charge on any atom is 0.236 e. The van der Waals surface area contributed by atoms with Crippen molar-refractivity contribution in [2.45, 2.75) is 13.0 Å². The number of anilines is 1. The highest BCUT2D eigenvalue weighted by molar-refractivity contribution is 5.78. The number of carbonyl (C=O) groups excluding carboxylic acids is 1. The first-order valence-electron chi connectivity index (χ1n) is 11.3. The Balaban J connectivity index is 1.23. The lowest BCUT2D eigenvalue weighted by atomic mass is 10.1. The topological polar surface area (TPSA) is 39.3 Å². The minimum Gasteiger partial charge on any atom is -0.495 e. The van der Waals surface area contributed by atoms with Gasteiger partial charge in [0, 0.05) is 58.4 Å². The van der Waals surface area contributed by atoms with Crippen LogP contribution in [0, 0.1) is 0 Å². The summed E-state index contributed by atoms with van der Waals surface area (Å²) >= 11 is 0. The number of benzene rings is 2. The number of piperazine rings is 2. The van der Waals surface area contributed by atoms with Crippen molar-refractivity contribution in [2.24, 2.45) is 0 Å². The number of para-hydroxylation sites is 2. The molecule has 2 aliphatic rings. The van der Waals surface area contributed by atoms with Crippen molar-refractivity contribution in [3.05, 3.63) is 60.2 Å². The normalized spacial score (nSPS) is 19.3. The van der Waals surface area contributed by atoms with E-state index >= 15 is 0 Å². The lowest BCUT2D eigenvalue weighted by Crippen LogP contribution is -2.54. The van der Waals surface area contributed by atoms with Crippen LogP contribution in [0.1, 0.15) is 18.5 Å². The molecule has 0 radical (unpaired) electrons. The molecule has 2 heterocycles. The van der Waals surface area contributed by atoms with Gasteiger partial charge in [-0.05, 0) is 24.6 Å². The first-order chi connectivity index (χ1) is 15.2. The molecule has 1 atom stereocenters. The number of hydrogen-bond acceptors (Lipinski definition) is 5. The second kappa shape index (κ2) is 10.2. The van der Waals surface area contributed by atoms with E-state index in [0.29, 0.717) is 12.6 Å². The van der Waals surface area contributed by atoms with Gasteiger partial charge < -0.3 is 14.5 Å². The highest BCUT2D eigenvalue weighted by Crippen LogP contribution is 2.28. The number of amides is 1. The van der Waals surface area contributed by atoms with Crippen molar-refractivity contribution in [3.63, 3.8) is 0 Å². The molecule has 6 heteroatoms. The fourth-order valence-electron chi connectivity index (χ4n) is 4.63. The van der Waals surface area contributed by atoms with E-state index in [-0.39, 0.29) is 5.91 Å². The van der Waals surface area contributed by atoms with Crippen molar-refractivity contribution in [2.75, 3.05) is 70.9 Å². The van der Waals surface area contributed by atoms with Crippen molar-refractivity contribution < 1.29 is 9.53 Å². The number of nitrogens with zero attached hydrogens (tertiary/aromatic N) is 4. The fraction of sp³-hybridized carbons (Fsp3) is 0.480. The van der Waals surface area contributed by atoms with Gasteiger partial charge in [0.15, 0.2) is 0 Å². The zero-order valence-electron chi connectivity index (χ0n) is 18.7. The number of carbonyl (C=O) groups is 1. The second-order valence-corrected chi connectivity index (χ2v) is 8.44. The second-order valence-electron chi connectivity index (χ2n) is 8.44. The van der Waals surface area contributed by atoms with Crippen LogP contribution in [0.4, 0.5) is 5.69 Å². The van der Waals surface area contributed by atoms with Crippen LogP contribution in [-0.2, 0) is 4.79 Å². The van der Waals surface area contributed by atoms with Crippen LogP contribution in [0.25, 0.3) is 0 Å². The molecule has 0 N–H and O–H groups in total. The average molecular weight is 423 g/mol. The van der Waals surface area contributed by atoms with Gasteiger partial charge in [0.05, 0.1) is 19.3 Å². The summed E-state index contributed by atoms with van der Waals surface area (Å²) in [5.74, 6) is 1.17. The van der Waals surface area contributed by atoms with Crippen LogP contribution in [0.3, 0.4) is 0 Å². The van der Waals surface area contributed by atoms with Crippen LogP contribution in [-0.4, -0.2) is 86.6 Å². The van der Waals surface area contributed by atoms with Gasteiger partial charge in [0.25, 0.3) is 0 Å². The van der Waals surface area contributed by atoms with E-state index in [1.807, 2.05) is 23.1 Å². The van der Waals surface area contributed by atoms with Gasteiger partial charge in [-0.25, -0.2) is 0 Å². The molecule has 0 aliphatic carbocycles. The first kappa shape index (κ1) is 21.7. The Morgan fingerprint density at radius 3 is 2.19 bits per heavy atom. The molecule has 0 bridgehead atoms. The SMILES string of the molecule is COc1ccccc1N1CCN(CC(=O)N2CCN(C(C)c3ccccc3)CC2)CC1. The van der Waals surface area contributed by atoms with E-state index in [4.69, 9.17) is 4.74 Å². The summed E-state index contributed by atoms with van der Waals surface area (Å²) in [7, 11) is 1.72. The van der Waals surface area contributed by atoms with Crippen LogP contribution in [0.15, 0.2) is 54.6 Å². The van der Waals surface area contributed by atoms with Crippen LogP contribution < -0.4 is 9.64 Å². The predicted octanol–water partition coefficient (Wildman–Crippen LogP) is 2.72. The van der Waals surface area contributed by atoms with Gasteiger partial charge in [-0.1, -0.05) is 42.5 Å². The summed E-state index contributed by atoms with van der Waals surface area (Å²) in [6.45, 7) is 9.90. The Bertz CT molecular complexity index is 844. The molecule has 2 aliphatic heterocycles. The molecule has 0 aromatic heterocycles. The minimum atomic E-state index is 0.262. The molecular weight excluding hydrogens is 388 g/mol. The number of ether oxygens (including phenoxy) is 1. The van der Waals surface area contributed by atoms with Crippen molar-refractivity contribution in [1.29, 1.82) is 0 Å². The van der Waals surface area contributed by atoms with E-state index < -0.39 is 0 Å². The van der Waals surface area contributed by atoms with Crippen LogP contribution >= 0.6 is 0 Å². The van der Waals surface area contributed by atoms with Gasteiger partial charge in [0.1, 0.15) is 5.75 Å². The maximum atomic E-state index is 12.9. The van der Waals surface area contributed by atoms with Gasteiger partial charge in [-0.3, -0.25) is 14.6 Å². The van der Waals surface area contributed by atoms with E-state index in [9.17, 15) is 4.79 Å². The largest absolute Gasteiger partial charge is 0.495 e. The molecule has 2 saturated heterocycles. The Kier molecular flexibility index (Phi) is 7.10. The molecule has 1 unspecified atom stereocenters. The molecule has 6 nitrogen and oxygen atoms in total. The average Bonchev–Trinajstić information content (AvgIpc) is 2.84. The molecule has 2 aromatic rings. The van der Waals surface area contributed by atoms with Gasteiger partial charge in [0.2, 0.25) is 5.91 Å². The Labute approximate surface area is 186 Å². The van der Waals surface area contributed by atoms with Gasteiger partial charge >= 0.3 is 0 Å². The summed E-state index contributed by atoms with van der Waals surface area (Å²) in [4.78, 5) is 22.1. The minimum absolute atomic E-state index is 0.262. The van der Waals surface area contributed by atoms with Gasteiger partial charge in [-0.2, -0.15) is 0 Å².